The van der Waals surface area contributed by atoms with Gasteiger partial charge in [-0.15, -0.1) is 0 Å². The first-order chi connectivity index (χ1) is 12.6. The third-order valence-corrected chi connectivity index (χ3v) is 6.95. The van der Waals surface area contributed by atoms with Gasteiger partial charge in [0.1, 0.15) is 0 Å². The summed E-state index contributed by atoms with van der Waals surface area (Å²) in [6.45, 7) is 12.5. The lowest BCUT2D eigenvalue weighted by Crippen LogP contribution is -2.63. The molecule has 0 radical (unpaired) electrons. The van der Waals surface area contributed by atoms with E-state index in [4.69, 9.17) is 9.31 Å². The fourth-order valence-corrected chi connectivity index (χ4v) is 4.61. The van der Waals surface area contributed by atoms with E-state index in [1.807, 2.05) is 30.0 Å². The Kier molecular flexibility index (Phi) is 4.35. The van der Waals surface area contributed by atoms with Gasteiger partial charge >= 0.3 is 13.1 Å². The Hall–Kier alpha value is -1.53. The van der Waals surface area contributed by atoms with E-state index in [2.05, 4.69) is 39.9 Å². The number of amides is 2. The Morgan fingerprint density at radius 2 is 1.70 bits per heavy atom. The highest BCUT2D eigenvalue weighted by Gasteiger charge is 2.52. The van der Waals surface area contributed by atoms with Gasteiger partial charge in [0.15, 0.2) is 0 Å². The molecule has 6 heteroatoms. The Morgan fingerprint density at radius 1 is 1.11 bits per heavy atom. The third-order valence-electron chi connectivity index (χ3n) is 6.95. The maximum absolute atomic E-state index is 12.8. The van der Waals surface area contributed by atoms with E-state index in [0.717, 1.165) is 41.9 Å². The number of nitrogens with one attached hydrogen (secondary N) is 1. The number of hydrogen-bond acceptors (Lipinski definition) is 3. The topological polar surface area (TPSA) is 50.8 Å². The van der Waals surface area contributed by atoms with Crippen LogP contribution in [0.15, 0.2) is 18.2 Å². The Morgan fingerprint density at radius 3 is 2.30 bits per heavy atom. The highest BCUT2D eigenvalue weighted by molar-refractivity contribution is 6.62. The zero-order valence-corrected chi connectivity index (χ0v) is 17.3. The summed E-state index contributed by atoms with van der Waals surface area (Å²) in [5, 5.41) is 3.10. The molecule has 0 spiro atoms. The summed E-state index contributed by atoms with van der Waals surface area (Å²) in [5.41, 5.74) is 2.11. The van der Waals surface area contributed by atoms with Crippen molar-refractivity contribution in [2.45, 2.75) is 84.1 Å². The second-order valence-corrected chi connectivity index (χ2v) is 9.62. The van der Waals surface area contributed by atoms with Crippen LogP contribution in [0.5, 0.6) is 0 Å². The molecular weight excluding hydrogens is 339 g/mol. The van der Waals surface area contributed by atoms with Crippen molar-refractivity contribution in [1.82, 2.24) is 4.90 Å². The second-order valence-electron chi connectivity index (χ2n) is 9.62. The van der Waals surface area contributed by atoms with E-state index >= 15 is 0 Å². The van der Waals surface area contributed by atoms with E-state index in [1.165, 1.54) is 0 Å². The van der Waals surface area contributed by atoms with E-state index < -0.39 is 7.12 Å². The first kappa shape index (κ1) is 18.8. The fourth-order valence-electron chi connectivity index (χ4n) is 4.61. The van der Waals surface area contributed by atoms with Crippen LogP contribution in [0.3, 0.4) is 0 Å². The molecule has 1 aromatic carbocycles. The third kappa shape index (κ3) is 3.17. The van der Waals surface area contributed by atoms with E-state index in [0.29, 0.717) is 12.1 Å². The van der Waals surface area contributed by atoms with E-state index in [9.17, 15) is 4.79 Å². The monoisotopic (exact) mass is 370 g/mol. The first-order valence-corrected chi connectivity index (χ1v) is 10.1. The van der Waals surface area contributed by atoms with Crippen molar-refractivity contribution in [1.29, 1.82) is 0 Å². The van der Waals surface area contributed by atoms with Gasteiger partial charge in [0.05, 0.1) is 11.2 Å². The number of nitrogens with zero attached hydrogens (tertiary/aromatic N) is 1. The quantitative estimate of drug-likeness (QED) is 0.808. The molecule has 2 bridgehead atoms. The molecule has 1 N–H and O–H groups in total. The summed E-state index contributed by atoms with van der Waals surface area (Å²) in [4.78, 5) is 14.8. The smallest absolute Gasteiger partial charge is 0.399 e. The lowest BCUT2D eigenvalue weighted by Gasteiger charge is -2.54. The Bertz CT molecular complexity index is 736. The minimum atomic E-state index is -0.420. The maximum Gasteiger partial charge on any atom is 0.495 e. The molecule has 1 aromatic rings. The molecular formula is C21H31BN2O3. The molecule has 5 nitrogen and oxygen atoms in total. The van der Waals surface area contributed by atoms with Gasteiger partial charge in [-0.2, -0.15) is 0 Å². The summed E-state index contributed by atoms with van der Waals surface area (Å²) in [5.74, 6) is 0.729. The molecule has 3 saturated heterocycles. The summed E-state index contributed by atoms with van der Waals surface area (Å²) in [6, 6.07) is 6.81. The Labute approximate surface area is 162 Å². The van der Waals surface area contributed by atoms with Gasteiger partial charge in [0, 0.05) is 17.8 Å². The zero-order chi connectivity index (χ0) is 19.6. The fraction of sp³-hybridized carbons (Fsp3) is 0.667. The Balaban J connectivity index is 1.49. The zero-order valence-electron chi connectivity index (χ0n) is 17.3. The molecule has 3 fully saturated rings. The summed E-state index contributed by atoms with van der Waals surface area (Å²) in [6.07, 6.45) is 3.40. The van der Waals surface area contributed by atoms with Crippen molar-refractivity contribution < 1.29 is 14.1 Å². The molecule has 4 rings (SSSR count). The summed E-state index contributed by atoms with van der Waals surface area (Å²) in [7, 11) is -0.420. The average molecular weight is 370 g/mol. The number of aryl methyl sites for hydroxylation is 1. The lowest BCUT2D eigenvalue weighted by molar-refractivity contribution is -0.00601. The number of benzene rings is 1. The number of fused-ring (bicyclic) bond motifs is 2. The molecule has 1 unspecified atom stereocenters. The molecule has 3 aliphatic rings. The van der Waals surface area contributed by atoms with Crippen LogP contribution in [-0.2, 0) is 9.31 Å². The van der Waals surface area contributed by atoms with Crippen molar-refractivity contribution in [3.63, 3.8) is 0 Å². The highest BCUT2D eigenvalue weighted by atomic mass is 16.7. The average Bonchev–Trinajstić information content (AvgIpc) is 2.76. The highest BCUT2D eigenvalue weighted by Crippen LogP contribution is 2.41. The number of piperidine rings is 1. The van der Waals surface area contributed by atoms with Gasteiger partial charge in [-0.1, -0.05) is 18.6 Å². The predicted octanol–water partition coefficient (Wildman–Crippen LogP) is 3.70. The first-order valence-electron chi connectivity index (χ1n) is 10.1. The largest absolute Gasteiger partial charge is 0.495 e. The van der Waals surface area contributed by atoms with Crippen LogP contribution in [0, 0.1) is 12.8 Å². The predicted molar refractivity (Wildman–Crippen MR) is 108 cm³/mol. The maximum atomic E-state index is 12.8. The van der Waals surface area contributed by atoms with Crippen LogP contribution in [0.1, 0.15) is 59.4 Å². The molecule has 3 aliphatic heterocycles. The standard InChI is InChI=1S/C21H31BN2O3/c1-13-9-16-12-17(10-13)24(16)19(25)23-15-8-7-14(2)18(11-15)22-26-20(3,4)21(5,6)27-22/h7-8,11,13,16-17H,9-10,12H2,1-6H3,(H,23,25)/t13?,16-,17+. The number of carbonyl (C=O) groups excluding carboxylic acids is 1. The van der Waals surface area contributed by atoms with Crippen LogP contribution < -0.4 is 10.8 Å². The van der Waals surface area contributed by atoms with Gasteiger partial charge < -0.3 is 19.5 Å². The number of anilines is 1. The van der Waals surface area contributed by atoms with Crippen molar-refractivity contribution in [2.75, 3.05) is 5.32 Å². The van der Waals surface area contributed by atoms with Gasteiger partial charge in [0.2, 0.25) is 0 Å². The van der Waals surface area contributed by atoms with Gasteiger partial charge in [-0.3, -0.25) is 0 Å². The van der Waals surface area contributed by atoms with Crippen LogP contribution in [-0.4, -0.2) is 41.3 Å². The van der Waals surface area contributed by atoms with Crippen LogP contribution in [0.2, 0.25) is 0 Å². The number of hydrogen-bond donors (Lipinski definition) is 1. The molecule has 3 heterocycles. The normalized spacial score (nSPS) is 30.8. The molecule has 3 atom stereocenters. The minimum Gasteiger partial charge on any atom is -0.399 e. The summed E-state index contributed by atoms with van der Waals surface area (Å²) >= 11 is 0. The van der Waals surface area contributed by atoms with Crippen molar-refractivity contribution in [2.24, 2.45) is 5.92 Å². The summed E-state index contributed by atoms with van der Waals surface area (Å²) < 4.78 is 12.4. The van der Waals surface area contributed by atoms with Crippen molar-refractivity contribution in [3.8, 4) is 0 Å². The lowest BCUT2D eigenvalue weighted by atomic mass is 9.74. The van der Waals surface area contributed by atoms with E-state index in [1.54, 1.807) is 0 Å². The van der Waals surface area contributed by atoms with E-state index in [-0.39, 0.29) is 17.2 Å². The van der Waals surface area contributed by atoms with Crippen molar-refractivity contribution >= 4 is 24.3 Å². The molecule has 0 aliphatic carbocycles. The molecule has 146 valence electrons. The van der Waals surface area contributed by atoms with Gasteiger partial charge in [-0.05, 0) is 77.4 Å². The minimum absolute atomic E-state index is 0.0203. The molecule has 2 amide bonds. The second kappa shape index (κ2) is 6.24. The number of urea groups is 1. The van der Waals surface area contributed by atoms with Gasteiger partial charge in [-0.25, -0.2) is 4.79 Å². The van der Waals surface area contributed by atoms with Crippen LogP contribution in [0.4, 0.5) is 10.5 Å². The number of rotatable bonds is 2. The molecule has 0 aromatic heterocycles. The molecule has 0 saturated carbocycles. The van der Waals surface area contributed by atoms with Crippen LogP contribution in [0.25, 0.3) is 0 Å². The SMILES string of the molecule is Cc1ccc(NC(=O)N2[C@@H]3CC(C)C[C@H]2C3)cc1B1OC(C)(C)C(C)(C)O1. The number of carbonyl (C=O) groups is 1. The van der Waals surface area contributed by atoms with Crippen molar-refractivity contribution in [3.05, 3.63) is 23.8 Å². The van der Waals surface area contributed by atoms with Crippen LogP contribution >= 0.6 is 0 Å². The molecule has 27 heavy (non-hydrogen) atoms. The van der Waals surface area contributed by atoms with Gasteiger partial charge in [0.25, 0.3) is 0 Å².